The van der Waals surface area contributed by atoms with Crippen LogP contribution >= 0.6 is 0 Å². The largest absolute Gasteiger partial charge is 0.192 e. The van der Waals surface area contributed by atoms with Crippen molar-refractivity contribution >= 4 is 0 Å². The first kappa shape index (κ1) is 9.27. The van der Waals surface area contributed by atoms with E-state index in [1.165, 1.54) is 18.4 Å². The first-order valence-corrected chi connectivity index (χ1v) is 5.09. The maximum absolute atomic E-state index is 8.93. The van der Waals surface area contributed by atoms with Gasteiger partial charge in [0.1, 0.15) is 0 Å². The van der Waals surface area contributed by atoms with Gasteiger partial charge in [0.25, 0.3) is 0 Å². The highest BCUT2D eigenvalue weighted by molar-refractivity contribution is 5.44. The number of benzene rings is 1. The molecule has 1 nitrogen and oxygen atoms in total. The number of hydrogen-bond acceptors (Lipinski definition) is 1. The van der Waals surface area contributed by atoms with Crippen LogP contribution in [-0.4, -0.2) is 0 Å². The fourth-order valence-corrected chi connectivity index (χ4v) is 1.76. The Morgan fingerprint density at radius 1 is 1.50 bits per heavy atom. The van der Waals surface area contributed by atoms with E-state index in [1.54, 1.807) is 0 Å². The molecule has 1 aromatic rings. The van der Waals surface area contributed by atoms with Crippen LogP contribution in [0.1, 0.15) is 48.3 Å². The molecule has 0 bridgehead atoms. The monoisotopic (exact) mass is 184 g/mol. The van der Waals surface area contributed by atoms with Crippen LogP contribution in [-0.2, 0) is 0 Å². The van der Waals surface area contributed by atoms with Crippen molar-refractivity contribution in [2.45, 2.75) is 31.6 Å². The Hall–Kier alpha value is -1.29. The van der Waals surface area contributed by atoms with Gasteiger partial charge in [0.05, 0.1) is 11.6 Å². The number of nitrogens with zero attached hydrogens (tertiary/aromatic N) is 1. The van der Waals surface area contributed by atoms with Crippen LogP contribution in [0.5, 0.6) is 0 Å². The van der Waals surface area contributed by atoms with E-state index in [-0.39, 0.29) is 5.92 Å². The van der Waals surface area contributed by atoms with Crippen molar-refractivity contribution in [3.8, 4) is 6.07 Å². The molecule has 0 aliphatic heterocycles. The van der Waals surface area contributed by atoms with E-state index in [2.05, 4.69) is 25.1 Å². The van der Waals surface area contributed by atoms with Crippen molar-refractivity contribution < 1.29 is 0 Å². The Morgan fingerprint density at radius 3 is 2.71 bits per heavy atom. The minimum atomic E-state index is 0.198. The summed E-state index contributed by atoms with van der Waals surface area (Å²) < 4.78 is 0. The van der Waals surface area contributed by atoms with Crippen molar-refractivity contribution in [1.82, 2.24) is 0 Å². The van der Waals surface area contributed by atoms with E-state index in [0.717, 1.165) is 17.0 Å². The van der Waals surface area contributed by atoms with E-state index in [1.807, 2.05) is 13.0 Å². The molecule has 1 saturated carbocycles. The summed E-state index contributed by atoms with van der Waals surface area (Å²) in [6, 6.07) is 8.40. The van der Waals surface area contributed by atoms with Gasteiger partial charge in [-0.25, -0.2) is 0 Å². The van der Waals surface area contributed by atoms with Gasteiger partial charge >= 0.3 is 0 Å². The summed E-state index contributed by atoms with van der Waals surface area (Å²) in [4.78, 5) is 0. The van der Waals surface area contributed by atoms with Gasteiger partial charge in [0, 0.05) is 0 Å². The van der Waals surface area contributed by atoms with Crippen molar-refractivity contribution in [3.05, 3.63) is 41.8 Å². The highest BCUT2D eigenvalue weighted by Crippen LogP contribution is 2.41. The average Bonchev–Trinajstić information content (AvgIpc) is 3.00. The molecule has 1 unspecified atom stereocenters. The Bertz CT molecular complexity index is 381. The van der Waals surface area contributed by atoms with Crippen molar-refractivity contribution in [3.63, 3.8) is 0 Å². The van der Waals surface area contributed by atoms with Gasteiger partial charge in [0.15, 0.2) is 0 Å². The summed E-state index contributed by atoms with van der Waals surface area (Å²) in [5, 5.41) is 8.93. The zero-order valence-corrected chi connectivity index (χ0v) is 8.46. The Labute approximate surface area is 85.4 Å². The quantitative estimate of drug-likeness (QED) is 0.691. The van der Waals surface area contributed by atoms with E-state index in [0.29, 0.717) is 0 Å². The fourth-order valence-electron chi connectivity index (χ4n) is 1.76. The molecule has 1 radical (unpaired) electrons. The van der Waals surface area contributed by atoms with Crippen LogP contribution in [0.25, 0.3) is 0 Å². The minimum Gasteiger partial charge on any atom is -0.192 e. The van der Waals surface area contributed by atoms with Crippen LogP contribution in [0.2, 0.25) is 0 Å². The van der Waals surface area contributed by atoms with Gasteiger partial charge < -0.3 is 0 Å². The van der Waals surface area contributed by atoms with E-state index in [9.17, 15) is 0 Å². The standard InChI is InChI=1S/C13H14N/c1-9(2)13-7-11(10-3-4-10)5-6-12(13)8-14/h5-7,9-10H,1,3-4H2,2H3. The Balaban J connectivity index is 2.42. The number of hydrogen-bond donors (Lipinski definition) is 0. The summed E-state index contributed by atoms with van der Waals surface area (Å²) in [7, 11) is 0. The molecule has 0 spiro atoms. The molecule has 0 heterocycles. The number of rotatable bonds is 2. The normalized spacial score (nSPS) is 15.6. The predicted octanol–water partition coefficient (Wildman–Crippen LogP) is 3.37. The Morgan fingerprint density at radius 2 is 2.21 bits per heavy atom. The zero-order chi connectivity index (χ0) is 10.1. The lowest BCUT2D eigenvalue weighted by atomic mass is 9.94. The molecule has 1 aromatic carbocycles. The van der Waals surface area contributed by atoms with Gasteiger partial charge in [-0.05, 0) is 48.8 Å². The van der Waals surface area contributed by atoms with Gasteiger partial charge in [-0.2, -0.15) is 5.26 Å². The lowest BCUT2D eigenvalue weighted by Crippen LogP contribution is -1.94. The van der Waals surface area contributed by atoms with Crippen LogP contribution in [0.4, 0.5) is 0 Å². The molecule has 1 aliphatic carbocycles. The number of nitriles is 1. The first-order chi connectivity index (χ1) is 6.72. The predicted molar refractivity (Wildman–Crippen MR) is 56.9 cm³/mol. The lowest BCUT2D eigenvalue weighted by molar-refractivity contribution is 0.947. The molecule has 14 heavy (non-hydrogen) atoms. The maximum Gasteiger partial charge on any atom is 0.0994 e. The zero-order valence-electron chi connectivity index (χ0n) is 8.46. The van der Waals surface area contributed by atoms with Gasteiger partial charge in [0.2, 0.25) is 0 Å². The molecule has 1 aliphatic rings. The highest BCUT2D eigenvalue weighted by Gasteiger charge is 2.24. The molecule has 1 fully saturated rings. The van der Waals surface area contributed by atoms with Crippen LogP contribution in [0.3, 0.4) is 0 Å². The minimum absolute atomic E-state index is 0.198. The summed E-state index contributed by atoms with van der Waals surface area (Å²) in [6.07, 6.45) is 2.60. The van der Waals surface area contributed by atoms with E-state index >= 15 is 0 Å². The molecular weight excluding hydrogens is 170 g/mol. The summed E-state index contributed by atoms with van der Waals surface area (Å²) in [6.45, 7) is 6.02. The smallest absolute Gasteiger partial charge is 0.0994 e. The Kier molecular flexibility index (Phi) is 2.29. The molecular formula is C13H14N. The van der Waals surface area contributed by atoms with Gasteiger partial charge in [-0.1, -0.05) is 19.1 Å². The molecule has 0 N–H and O–H groups in total. The van der Waals surface area contributed by atoms with Gasteiger partial charge in [-0.3, -0.25) is 0 Å². The second-order valence-corrected chi connectivity index (χ2v) is 4.13. The second-order valence-electron chi connectivity index (χ2n) is 4.13. The highest BCUT2D eigenvalue weighted by atomic mass is 14.3. The van der Waals surface area contributed by atoms with Crippen molar-refractivity contribution in [2.75, 3.05) is 0 Å². The second kappa shape index (κ2) is 3.46. The molecule has 1 atom stereocenters. The third-order valence-corrected chi connectivity index (χ3v) is 2.78. The maximum atomic E-state index is 8.93. The molecule has 0 aromatic heterocycles. The fraction of sp³-hybridized carbons (Fsp3) is 0.385. The average molecular weight is 184 g/mol. The van der Waals surface area contributed by atoms with E-state index in [4.69, 9.17) is 5.26 Å². The third kappa shape index (κ3) is 1.65. The first-order valence-electron chi connectivity index (χ1n) is 5.09. The molecule has 2 rings (SSSR count). The van der Waals surface area contributed by atoms with Crippen LogP contribution < -0.4 is 0 Å². The van der Waals surface area contributed by atoms with Crippen molar-refractivity contribution in [2.24, 2.45) is 0 Å². The summed E-state index contributed by atoms with van der Waals surface area (Å²) in [5.41, 5.74) is 3.25. The SMILES string of the molecule is [CH2]C(C)c1cc(C2CC2)ccc1C#N. The van der Waals surface area contributed by atoms with E-state index < -0.39 is 0 Å². The molecule has 0 amide bonds. The molecule has 71 valence electrons. The summed E-state index contributed by atoms with van der Waals surface area (Å²) in [5.74, 6) is 0.948. The van der Waals surface area contributed by atoms with Gasteiger partial charge in [-0.15, -0.1) is 0 Å². The van der Waals surface area contributed by atoms with Crippen molar-refractivity contribution in [1.29, 1.82) is 5.26 Å². The topological polar surface area (TPSA) is 23.8 Å². The molecule has 1 heteroatoms. The summed E-state index contributed by atoms with van der Waals surface area (Å²) >= 11 is 0. The molecule has 0 saturated heterocycles. The van der Waals surface area contributed by atoms with Crippen LogP contribution in [0.15, 0.2) is 18.2 Å². The lowest BCUT2D eigenvalue weighted by Gasteiger charge is -2.09. The third-order valence-electron chi connectivity index (χ3n) is 2.78. The van der Waals surface area contributed by atoms with Crippen LogP contribution in [0, 0.1) is 18.3 Å².